The predicted octanol–water partition coefficient (Wildman–Crippen LogP) is 0.490. The topological polar surface area (TPSA) is 103 Å². The van der Waals surface area contributed by atoms with Crippen molar-refractivity contribution in [3.05, 3.63) is 18.9 Å². The largest absolute Gasteiger partial charge is 0.334 e. The minimum Gasteiger partial charge on any atom is -0.334 e. The van der Waals surface area contributed by atoms with Gasteiger partial charge >= 0.3 is 6.03 Å². The quantitative estimate of drug-likeness (QED) is 0.800. The van der Waals surface area contributed by atoms with Crippen LogP contribution < -0.4 is 10.6 Å². The van der Waals surface area contributed by atoms with Gasteiger partial charge in [-0.05, 0) is 13.3 Å². The van der Waals surface area contributed by atoms with Crippen LogP contribution in [0.25, 0.3) is 0 Å². The van der Waals surface area contributed by atoms with Crippen LogP contribution in [-0.2, 0) is 13.1 Å². The normalized spacial score (nSPS) is 12.1. The van der Waals surface area contributed by atoms with Gasteiger partial charge in [0.15, 0.2) is 5.82 Å². The maximum absolute atomic E-state index is 11.8. The molecular weight excluding hydrogens is 260 g/mol. The van der Waals surface area contributed by atoms with Gasteiger partial charge in [-0.2, -0.15) is 5.10 Å². The van der Waals surface area contributed by atoms with E-state index in [2.05, 4.69) is 31.0 Å². The van der Waals surface area contributed by atoms with Crippen molar-refractivity contribution in [3.8, 4) is 0 Å². The summed E-state index contributed by atoms with van der Waals surface area (Å²) in [5.74, 6) is 0.434. The summed E-state index contributed by atoms with van der Waals surface area (Å²) < 4.78 is 3.34. The van der Waals surface area contributed by atoms with Crippen molar-refractivity contribution in [2.24, 2.45) is 0 Å². The molecule has 0 unspecified atom stereocenters. The van der Waals surface area contributed by atoms with Crippen LogP contribution >= 0.6 is 0 Å². The number of hydrogen-bond acceptors (Lipinski definition) is 5. The van der Waals surface area contributed by atoms with Gasteiger partial charge in [-0.15, -0.1) is 5.10 Å². The molecule has 2 N–H and O–H groups in total. The van der Waals surface area contributed by atoms with Crippen LogP contribution in [0.15, 0.2) is 18.9 Å². The maximum Gasteiger partial charge on any atom is 0.320 e. The van der Waals surface area contributed by atoms with E-state index in [4.69, 9.17) is 0 Å². The number of amides is 2. The van der Waals surface area contributed by atoms with Crippen molar-refractivity contribution < 1.29 is 4.79 Å². The number of carbonyl (C=O) groups excluding carboxylic acids is 1. The summed E-state index contributed by atoms with van der Waals surface area (Å²) in [5, 5.41) is 17.2. The Bertz CT molecular complexity index is 534. The minimum atomic E-state index is -0.318. The Kier molecular flexibility index (Phi) is 4.64. The zero-order valence-electron chi connectivity index (χ0n) is 11.5. The second-order valence-corrected chi connectivity index (χ2v) is 4.48. The fraction of sp³-hybridized carbons (Fsp3) is 0.545. The minimum absolute atomic E-state index is 0.0811. The molecule has 0 aromatic carbocycles. The van der Waals surface area contributed by atoms with Crippen LogP contribution in [0.1, 0.15) is 20.3 Å². The molecule has 2 rings (SSSR count). The molecule has 2 amide bonds. The number of aromatic nitrogens is 6. The standard InChI is InChI=1S/C11H18N8O/c1-3-4-18-6-10(16-17-18)15-11(20)14-9(2)5-19-8-12-7-13-19/h6-9H,3-5H2,1-2H3,(H2,14,15,20)/t9-/m0/s1. The highest BCUT2D eigenvalue weighted by molar-refractivity contribution is 5.88. The lowest BCUT2D eigenvalue weighted by atomic mass is 10.3. The lowest BCUT2D eigenvalue weighted by Crippen LogP contribution is -2.38. The first kappa shape index (κ1) is 14.0. The molecule has 0 radical (unpaired) electrons. The predicted molar refractivity (Wildman–Crippen MR) is 72.0 cm³/mol. The number of rotatable bonds is 6. The highest BCUT2D eigenvalue weighted by Crippen LogP contribution is 2.00. The molecule has 0 aliphatic heterocycles. The van der Waals surface area contributed by atoms with Crippen molar-refractivity contribution >= 4 is 11.8 Å². The molecule has 9 nitrogen and oxygen atoms in total. The first-order valence-corrected chi connectivity index (χ1v) is 6.47. The first-order chi connectivity index (χ1) is 9.67. The van der Waals surface area contributed by atoms with Crippen LogP contribution in [0.4, 0.5) is 10.6 Å². The van der Waals surface area contributed by atoms with Gasteiger partial charge in [0.1, 0.15) is 12.7 Å². The zero-order valence-corrected chi connectivity index (χ0v) is 11.5. The third-order valence-electron chi connectivity index (χ3n) is 2.54. The Morgan fingerprint density at radius 2 is 2.30 bits per heavy atom. The Morgan fingerprint density at radius 3 is 3.00 bits per heavy atom. The third-order valence-corrected chi connectivity index (χ3v) is 2.54. The van der Waals surface area contributed by atoms with E-state index < -0.39 is 0 Å². The van der Waals surface area contributed by atoms with Crippen molar-refractivity contribution in [3.63, 3.8) is 0 Å². The van der Waals surface area contributed by atoms with Gasteiger partial charge in [0.25, 0.3) is 0 Å². The number of aryl methyl sites for hydroxylation is 1. The van der Waals surface area contributed by atoms with Crippen LogP contribution in [-0.4, -0.2) is 41.8 Å². The van der Waals surface area contributed by atoms with Crippen LogP contribution in [0, 0.1) is 0 Å². The van der Waals surface area contributed by atoms with E-state index in [1.54, 1.807) is 21.9 Å². The van der Waals surface area contributed by atoms with Gasteiger partial charge in [0.2, 0.25) is 0 Å². The van der Waals surface area contributed by atoms with Gasteiger partial charge in [-0.1, -0.05) is 12.1 Å². The van der Waals surface area contributed by atoms with E-state index in [9.17, 15) is 4.79 Å². The zero-order chi connectivity index (χ0) is 14.4. The van der Waals surface area contributed by atoms with E-state index in [0.29, 0.717) is 12.4 Å². The number of carbonyl (C=O) groups is 1. The van der Waals surface area contributed by atoms with E-state index in [1.165, 1.54) is 6.33 Å². The number of hydrogen-bond donors (Lipinski definition) is 2. The van der Waals surface area contributed by atoms with Crippen LogP contribution in [0.5, 0.6) is 0 Å². The lowest BCUT2D eigenvalue weighted by Gasteiger charge is -2.13. The molecule has 0 aliphatic carbocycles. The average molecular weight is 278 g/mol. The smallest absolute Gasteiger partial charge is 0.320 e. The van der Waals surface area contributed by atoms with Crippen molar-refractivity contribution in [1.82, 2.24) is 35.1 Å². The third kappa shape index (κ3) is 4.04. The summed E-state index contributed by atoms with van der Waals surface area (Å²) in [6.07, 6.45) is 5.72. The SMILES string of the molecule is CCCn1cc(NC(=O)N[C@@H](C)Cn2cncn2)nn1. The highest BCUT2D eigenvalue weighted by Gasteiger charge is 2.10. The molecule has 0 spiro atoms. The number of urea groups is 1. The molecule has 108 valence electrons. The fourth-order valence-corrected chi connectivity index (χ4v) is 1.72. The molecular formula is C11H18N8O. The van der Waals surface area contributed by atoms with Crippen LogP contribution in [0.3, 0.4) is 0 Å². The van der Waals surface area contributed by atoms with Gasteiger partial charge in [-0.3, -0.25) is 14.7 Å². The summed E-state index contributed by atoms with van der Waals surface area (Å²) in [6, 6.07) is -0.399. The average Bonchev–Trinajstić information content (AvgIpc) is 3.01. The number of nitrogens with one attached hydrogen (secondary N) is 2. The molecule has 0 aliphatic rings. The summed E-state index contributed by atoms with van der Waals surface area (Å²) in [4.78, 5) is 15.6. The van der Waals surface area contributed by atoms with Gasteiger partial charge in [-0.25, -0.2) is 9.78 Å². The van der Waals surface area contributed by atoms with Crippen LogP contribution in [0.2, 0.25) is 0 Å². The second kappa shape index (κ2) is 6.64. The Morgan fingerprint density at radius 1 is 1.45 bits per heavy atom. The molecule has 20 heavy (non-hydrogen) atoms. The van der Waals surface area contributed by atoms with E-state index in [0.717, 1.165) is 13.0 Å². The Balaban J connectivity index is 1.79. The molecule has 9 heteroatoms. The summed E-state index contributed by atoms with van der Waals surface area (Å²) in [5.41, 5.74) is 0. The monoisotopic (exact) mass is 278 g/mol. The molecule has 0 saturated heterocycles. The van der Waals surface area contributed by atoms with Crippen molar-refractivity contribution in [2.75, 3.05) is 5.32 Å². The molecule has 0 fully saturated rings. The van der Waals surface area contributed by atoms with E-state index >= 15 is 0 Å². The van der Waals surface area contributed by atoms with Gasteiger partial charge in [0, 0.05) is 12.6 Å². The molecule has 1 atom stereocenters. The molecule has 2 heterocycles. The summed E-state index contributed by atoms with van der Waals surface area (Å²) in [6.45, 7) is 5.26. The van der Waals surface area contributed by atoms with Crippen molar-refractivity contribution in [1.29, 1.82) is 0 Å². The van der Waals surface area contributed by atoms with E-state index in [-0.39, 0.29) is 12.1 Å². The number of anilines is 1. The molecule has 0 bridgehead atoms. The second-order valence-electron chi connectivity index (χ2n) is 4.48. The van der Waals surface area contributed by atoms with E-state index in [1.807, 2.05) is 13.8 Å². The maximum atomic E-state index is 11.8. The summed E-state index contributed by atoms with van der Waals surface area (Å²) >= 11 is 0. The van der Waals surface area contributed by atoms with Gasteiger partial charge < -0.3 is 5.32 Å². The first-order valence-electron chi connectivity index (χ1n) is 6.47. The fourth-order valence-electron chi connectivity index (χ4n) is 1.72. The summed E-state index contributed by atoms with van der Waals surface area (Å²) in [7, 11) is 0. The Hall–Kier alpha value is -2.45. The highest BCUT2D eigenvalue weighted by atomic mass is 16.2. The van der Waals surface area contributed by atoms with Gasteiger partial charge in [0.05, 0.1) is 12.7 Å². The molecule has 2 aromatic heterocycles. The molecule has 2 aromatic rings. The number of nitrogens with zero attached hydrogens (tertiary/aromatic N) is 6. The molecule has 0 saturated carbocycles. The lowest BCUT2D eigenvalue weighted by molar-refractivity contribution is 0.247. The Labute approximate surface area is 116 Å². The van der Waals surface area contributed by atoms with Crippen molar-refractivity contribution in [2.45, 2.75) is 39.4 Å².